The molecule has 0 aromatic heterocycles. The molecule has 1 aromatic rings. The number of sulfonamides is 1. The molecule has 1 aliphatic rings. The maximum Gasteiger partial charge on any atom is 0.243 e. The summed E-state index contributed by atoms with van der Waals surface area (Å²) in [5.41, 5.74) is 6.17. The van der Waals surface area contributed by atoms with Crippen LogP contribution in [-0.2, 0) is 10.0 Å². The topological polar surface area (TPSA) is 63.4 Å². The van der Waals surface area contributed by atoms with Crippen LogP contribution < -0.4 is 5.73 Å². The molecule has 0 aliphatic carbocycles. The zero-order valence-corrected chi connectivity index (χ0v) is 13.9. The van der Waals surface area contributed by atoms with Gasteiger partial charge in [0, 0.05) is 18.7 Å². The molecule has 0 saturated carbocycles. The SMILES string of the molecule is CCCC1CCN(S(=O)(=O)c2cccc(C(N)=S)c2)CC1. The molecule has 0 bridgehead atoms. The highest BCUT2D eigenvalue weighted by Crippen LogP contribution is 2.26. The third-order valence-electron chi connectivity index (χ3n) is 4.03. The third kappa shape index (κ3) is 3.81. The highest BCUT2D eigenvalue weighted by atomic mass is 32.2. The van der Waals surface area contributed by atoms with Gasteiger partial charge in [-0.3, -0.25) is 0 Å². The van der Waals surface area contributed by atoms with Crippen LogP contribution in [0.2, 0.25) is 0 Å². The molecule has 21 heavy (non-hydrogen) atoms. The van der Waals surface area contributed by atoms with Gasteiger partial charge in [0.25, 0.3) is 0 Å². The predicted octanol–water partition coefficient (Wildman–Crippen LogP) is 2.52. The first-order valence-corrected chi connectivity index (χ1v) is 9.20. The summed E-state index contributed by atoms with van der Waals surface area (Å²) < 4.78 is 26.9. The van der Waals surface area contributed by atoms with Crippen LogP contribution in [0, 0.1) is 5.92 Å². The van der Waals surface area contributed by atoms with Crippen molar-refractivity contribution in [1.29, 1.82) is 0 Å². The highest BCUT2D eigenvalue weighted by molar-refractivity contribution is 7.89. The second-order valence-corrected chi connectivity index (χ2v) is 7.91. The van der Waals surface area contributed by atoms with Gasteiger partial charge < -0.3 is 5.73 Å². The molecule has 1 heterocycles. The van der Waals surface area contributed by atoms with Crippen molar-refractivity contribution in [2.24, 2.45) is 11.7 Å². The van der Waals surface area contributed by atoms with Crippen LogP contribution in [0.15, 0.2) is 29.2 Å². The van der Waals surface area contributed by atoms with E-state index in [1.807, 2.05) is 0 Å². The summed E-state index contributed by atoms with van der Waals surface area (Å²) >= 11 is 4.91. The number of nitrogens with zero attached hydrogens (tertiary/aromatic N) is 1. The summed E-state index contributed by atoms with van der Waals surface area (Å²) in [4.78, 5) is 0.496. The lowest BCUT2D eigenvalue weighted by atomic mass is 9.94. The van der Waals surface area contributed by atoms with Gasteiger partial charge in [-0.1, -0.05) is 44.1 Å². The van der Waals surface area contributed by atoms with E-state index in [-0.39, 0.29) is 9.88 Å². The van der Waals surface area contributed by atoms with Crippen LogP contribution in [0.25, 0.3) is 0 Å². The minimum Gasteiger partial charge on any atom is -0.389 e. The van der Waals surface area contributed by atoms with Crippen molar-refractivity contribution in [1.82, 2.24) is 4.31 Å². The van der Waals surface area contributed by atoms with E-state index in [4.69, 9.17) is 18.0 Å². The first-order chi connectivity index (χ1) is 9.95. The zero-order chi connectivity index (χ0) is 15.5. The maximum atomic E-state index is 12.7. The number of hydrogen-bond donors (Lipinski definition) is 1. The lowest BCUT2D eigenvalue weighted by Crippen LogP contribution is -2.38. The zero-order valence-electron chi connectivity index (χ0n) is 12.3. The van der Waals surface area contributed by atoms with Crippen molar-refractivity contribution in [3.63, 3.8) is 0 Å². The number of benzene rings is 1. The van der Waals surface area contributed by atoms with Gasteiger partial charge in [-0.05, 0) is 30.9 Å². The molecule has 2 rings (SSSR count). The minimum atomic E-state index is -3.44. The Morgan fingerprint density at radius 2 is 2.05 bits per heavy atom. The Kier molecular flexibility index (Phi) is 5.35. The Morgan fingerprint density at radius 3 is 2.62 bits per heavy atom. The van der Waals surface area contributed by atoms with Gasteiger partial charge >= 0.3 is 0 Å². The van der Waals surface area contributed by atoms with Gasteiger partial charge in [0.15, 0.2) is 0 Å². The Morgan fingerprint density at radius 1 is 1.38 bits per heavy atom. The van der Waals surface area contributed by atoms with Crippen LogP contribution in [-0.4, -0.2) is 30.8 Å². The molecule has 1 aromatic carbocycles. The van der Waals surface area contributed by atoms with E-state index < -0.39 is 10.0 Å². The minimum absolute atomic E-state index is 0.216. The van der Waals surface area contributed by atoms with Crippen molar-refractivity contribution in [3.8, 4) is 0 Å². The largest absolute Gasteiger partial charge is 0.389 e. The van der Waals surface area contributed by atoms with Gasteiger partial charge in [0.05, 0.1) is 4.90 Å². The summed E-state index contributed by atoms with van der Waals surface area (Å²) in [5, 5.41) is 0. The third-order valence-corrected chi connectivity index (χ3v) is 6.16. The summed E-state index contributed by atoms with van der Waals surface area (Å²) in [5.74, 6) is 0.657. The maximum absolute atomic E-state index is 12.7. The van der Waals surface area contributed by atoms with Crippen molar-refractivity contribution >= 4 is 27.2 Å². The number of thiocarbonyl (C=S) groups is 1. The number of piperidine rings is 1. The van der Waals surface area contributed by atoms with E-state index in [0.717, 1.165) is 19.3 Å². The second kappa shape index (κ2) is 6.85. The van der Waals surface area contributed by atoms with Crippen molar-refractivity contribution in [2.45, 2.75) is 37.5 Å². The second-order valence-electron chi connectivity index (χ2n) is 5.53. The quantitative estimate of drug-likeness (QED) is 0.845. The lowest BCUT2D eigenvalue weighted by Gasteiger charge is -2.31. The molecule has 116 valence electrons. The van der Waals surface area contributed by atoms with E-state index in [9.17, 15) is 8.42 Å². The molecular formula is C15H22N2O2S2. The number of hydrogen-bond acceptors (Lipinski definition) is 3. The Labute approximate surface area is 132 Å². The van der Waals surface area contributed by atoms with E-state index in [2.05, 4.69) is 6.92 Å². The standard InChI is InChI=1S/C15H22N2O2S2/c1-2-4-12-7-9-17(10-8-12)21(18,19)14-6-3-5-13(11-14)15(16)20/h3,5-6,11-12H,2,4,7-10H2,1H3,(H2,16,20). The molecule has 0 radical (unpaired) electrons. The molecule has 0 spiro atoms. The predicted molar refractivity (Wildman–Crippen MR) is 88.7 cm³/mol. The Bertz CT molecular complexity index is 606. The molecule has 0 atom stereocenters. The van der Waals surface area contributed by atoms with E-state index >= 15 is 0 Å². The van der Waals surface area contributed by atoms with Crippen LogP contribution in [0.3, 0.4) is 0 Å². The number of rotatable bonds is 5. The monoisotopic (exact) mass is 326 g/mol. The van der Waals surface area contributed by atoms with Crippen molar-refractivity contribution in [3.05, 3.63) is 29.8 Å². The molecule has 1 fully saturated rings. The molecule has 0 unspecified atom stereocenters. The average Bonchev–Trinajstić information content (AvgIpc) is 2.48. The van der Waals surface area contributed by atoms with Crippen LogP contribution in [0.1, 0.15) is 38.2 Å². The Hall–Kier alpha value is -0.980. The Balaban J connectivity index is 2.16. The normalized spacial score (nSPS) is 17.8. The van der Waals surface area contributed by atoms with E-state index in [1.54, 1.807) is 28.6 Å². The summed E-state index contributed by atoms with van der Waals surface area (Å²) in [6.07, 6.45) is 4.24. The van der Waals surface area contributed by atoms with Crippen molar-refractivity contribution < 1.29 is 8.42 Å². The summed E-state index contributed by atoms with van der Waals surface area (Å²) in [6, 6.07) is 6.59. The van der Waals surface area contributed by atoms with Crippen LogP contribution in [0.5, 0.6) is 0 Å². The first kappa shape index (κ1) is 16.4. The molecular weight excluding hydrogens is 304 g/mol. The van der Waals surface area contributed by atoms with E-state index in [1.165, 1.54) is 6.42 Å². The number of nitrogens with two attached hydrogens (primary N) is 1. The van der Waals surface area contributed by atoms with Crippen LogP contribution in [0.4, 0.5) is 0 Å². The van der Waals surface area contributed by atoms with Gasteiger partial charge in [-0.2, -0.15) is 4.31 Å². The fourth-order valence-corrected chi connectivity index (χ4v) is 4.45. The van der Waals surface area contributed by atoms with Crippen molar-refractivity contribution in [2.75, 3.05) is 13.1 Å². The molecule has 6 heteroatoms. The smallest absolute Gasteiger partial charge is 0.243 e. The molecule has 0 amide bonds. The van der Waals surface area contributed by atoms with Gasteiger partial charge in [0.1, 0.15) is 4.99 Å². The summed E-state index contributed by atoms with van der Waals surface area (Å²) in [7, 11) is -3.44. The molecule has 1 saturated heterocycles. The van der Waals surface area contributed by atoms with Gasteiger partial charge in [0.2, 0.25) is 10.0 Å². The van der Waals surface area contributed by atoms with Crippen LogP contribution >= 0.6 is 12.2 Å². The average molecular weight is 326 g/mol. The lowest BCUT2D eigenvalue weighted by molar-refractivity contribution is 0.262. The van der Waals surface area contributed by atoms with E-state index in [0.29, 0.717) is 24.6 Å². The molecule has 1 aliphatic heterocycles. The van der Waals surface area contributed by atoms with Gasteiger partial charge in [-0.15, -0.1) is 0 Å². The highest BCUT2D eigenvalue weighted by Gasteiger charge is 2.29. The molecule has 4 nitrogen and oxygen atoms in total. The summed E-state index contributed by atoms with van der Waals surface area (Å²) in [6.45, 7) is 3.37. The van der Waals surface area contributed by atoms with Gasteiger partial charge in [-0.25, -0.2) is 8.42 Å². The molecule has 2 N–H and O–H groups in total. The fraction of sp³-hybridized carbons (Fsp3) is 0.533. The first-order valence-electron chi connectivity index (χ1n) is 7.35. The fourth-order valence-electron chi connectivity index (χ4n) is 2.81.